The largest absolute Gasteiger partial charge is 0.325 e. The standard InChI is InChI=1S/C20H37N2S/c1-19(2,3)17-20(4,5)23-21-14-11-15-22(6,7)16-18-12-9-8-10-13-18/h8-10,12-13,21H,11,14-17H2,1-7H3/q+1. The fourth-order valence-corrected chi connectivity index (χ4v) is 4.44. The van der Waals surface area contributed by atoms with Gasteiger partial charge in [0.25, 0.3) is 0 Å². The minimum atomic E-state index is 0.284. The average Bonchev–Trinajstić information content (AvgIpc) is 2.35. The number of hydrogen-bond donors (Lipinski definition) is 1. The highest BCUT2D eigenvalue weighted by molar-refractivity contribution is 7.98. The summed E-state index contributed by atoms with van der Waals surface area (Å²) in [5, 5.41) is 0. The monoisotopic (exact) mass is 337 g/mol. The van der Waals surface area contributed by atoms with Crippen LogP contribution >= 0.6 is 11.9 Å². The molecule has 0 amide bonds. The summed E-state index contributed by atoms with van der Waals surface area (Å²) in [6.07, 6.45) is 2.42. The van der Waals surface area contributed by atoms with Gasteiger partial charge in [-0.1, -0.05) is 63.1 Å². The van der Waals surface area contributed by atoms with Crippen LogP contribution < -0.4 is 4.72 Å². The molecule has 3 heteroatoms. The van der Waals surface area contributed by atoms with Gasteiger partial charge in [0.15, 0.2) is 0 Å². The van der Waals surface area contributed by atoms with Crippen LogP contribution in [0.2, 0.25) is 0 Å². The van der Waals surface area contributed by atoms with Crippen molar-refractivity contribution in [1.29, 1.82) is 0 Å². The molecule has 1 aromatic rings. The molecule has 23 heavy (non-hydrogen) atoms. The summed E-state index contributed by atoms with van der Waals surface area (Å²) in [4.78, 5) is 0. The zero-order valence-corrected chi connectivity index (χ0v) is 17.1. The van der Waals surface area contributed by atoms with Crippen LogP contribution in [-0.4, -0.2) is 36.4 Å². The zero-order chi connectivity index (χ0) is 17.6. The summed E-state index contributed by atoms with van der Waals surface area (Å²) >= 11 is 1.90. The van der Waals surface area contributed by atoms with Gasteiger partial charge in [0, 0.05) is 23.3 Å². The lowest BCUT2D eigenvalue weighted by Gasteiger charge is -2.32. The van der Waals surface area contributed by atoms with Gasteiger partial charge in [0.05, 0.1) is 20.6 Å². The molecule has 0 saturated carbocycles. The molecule has 132 valence electrons. The molecular weight excluding hydrogens is 300 g/mol. The van der Waals surface area contributed by atoms with Crippen molar-refractivity contribution in [3.63, 3.8) is 0 Å². The van der Waals surface area contributed by atoms with Crippen LogP contribution in [0, 0.1) is 5.41 Å². The van der Waals surface area contributed by atoms with Crippen LogP contribution in [0.4, 0.5) is 0 Å². The second-order valence-corrected chi connectivity index (χ2v) is 10.7. The molecule has 0 aliphatic heterocycles. The van der Waals surface area contributed by atoms with Crippen LogP contribution in [0.1, 0.15) is 53.0 Å². The predicted octanol–water partition coefficient (Wildman–Crippen LogP) is 5.11. The van der Waals surface area contributed by atoms with Crippen molar-refractivity contribution < 1.29 is 4.48 Å². The summed E-state index contributed by atoms with van der Waals surface area (Å²) in [6, 6.07) is 10.8. The lowest BCUT2D eigenvalue weighted by atomic mass is 9.86. The number of quaternary nitrogens is 1. The van der Waals surface area contributed by atoms with E-state index in [0.717, 1.165) is 17.6 Å². The number of rotatable bonds is 9. The van der Waals surface area contributed by atoms with E-state index in [2.05, 4.69) is 83.8 Å². The summed E-state index contributed by atoms with van der Waals surface area (Å²) in [6.45, 7) is 15.0. The Morgan fingerprint density at radius 1 is 1.00 bits per heavy atom. The molecule has 0 saturated heterocycles. The minimum Gasteiger partial charge on any atom is -0.325 e. The van der Waals surface area contributed by atoms with Crippen molar-refractivity contribution in [1.82, 2.24) is 4.72 Å². The second-order valence-electron chi connectivity index (χ2n) is 9.15. The van der Waals surface area contributed by atoms with Gasteiger partial charge in [-0.15, -0.1) is 0 Å². The second kappa shape index (κ2) is 8.55. The van der Waals surface area contributed by atoms with E-state index in [1.165, 1.54) is 24.9 Å². The third kappa shape index (κ3) is 10.1. The zero-order valence-electron chi connectivity index (χ0n) is 16.3. The summed E-state index contributed by atoms with van der Waals surface area (Å²) < 4.78 is 4.92. The van der Waals surface area contributed by atoms with E-state index >= 15 is 0 Å². The Balaban J connectivity index is 2.26. The lowest BCUT2D eigenvalue weighted by Crippen LogP contribution is -2.40. The predicted molar refractivity (Wildman–Crippen MR) is 105 cm³/mol. The summed E-state index contributed by atoms with van der Waals surface area (Å²) in [7, 11) is 4.65. The minimum absolute atomic E-state index is 0.284. The third-order valence-electron chi connectivity index (χ3n) is 3.80. The Morgan fingerprint density at radius 2 is 1.61 bits per heavy atom. The van der Waals surface area contributed by atoms with E-state index in [-0.39, 0.29) is 4.75 Å². The van der Waals surface area contributed by atoms with E-state index in [0.29, 0.717) is 5.41 Å². The highest BCUT2D eigenvalue weighted by atomic mass is 32.2. The Hall–Kier alpha value is -0.510. The molecule has 0 bridgehead atoms. The average molecular weight is 338 g/mol. The van der Waals surface area contributed by atoms with Crippen LogP contribution in [0.15, 0.2) is 30.3 Å². The van der Waals surface area contributed by atoms with Crippen LogP contribution in [0.25, 0.3) is 0 Å². The Bertz CT molecular complexity index is 446. The van der Waals surface area contributed by atoms with Gasteiger partial charge in [-0.3, -0.25) is 4.72 Å². The Kier molecular flexibility index (Phi) is 7.63. The van der Waals surface area contributed by atoms with Crippen molar-refractivity contribution in [2.24, 2.45) is 5.41 Å². The summed E-state index contributed by atoms with van der Waals surface area (Å²) in [5.74, 6) is 0. The highest BCUT2D eigenvalue weighted by Crippen LogP contribution is 2.35. The van der Waals surface area contributed by atoms with Crippen LogP contribution in [0.3, 0.4) is 0 Å². The van der Waals surface area contributed by atoms with Crippen molar-refractivity contribution in [3.8, 4) is 0 Å². The maximum Gasteiger partial charge on any atom is 0.104 e. The molecule has 0 spiro atoms. The van der Waals surface area contributed by atoms with Gasteiger partial charge in [-0.2, -0.15) is 0 Å². The quantitative estimate of drug-likeness (QED) is 0.382. The van der Waals surface area contributed by atoms with Gasteiger partial charge in [-0.05, 0) is 25.7 Å². The Morgan fingerprint density at radius 3 is 2.17 bits per heavy atom. The van der Waals surface area contributed by atoms with Gasteiger partial charge in [0.2, 0.25) is 0 Å². The van der Waals surface area contributed by atoms with Gasteiger partial charge in [0.1, 0.15) is 6.54 Å². The van der Waals surface area contributed by atoms with Gasteiger partial charge >= 0.3 is 0 Å². The van der Waals surface area contributed by atoms with Crippen molar-refractivity contribution in [2.45, 2.75) is 58.8 Å². The fourth-order valence-electron chi connectivity index (χ4n) is 3.30. The first kappa shape index (κ1) is 20.5. The topological polar surface area (TPSA) is 12.0 Å². The lowest BCUT2D eigenvalue weighted by molar-refractivity contribution is -0.903. The third-order valence-corrected chi connectivity index (χ3v) is 4.85. The van der Waals surface area contributed by atoms with Crippen molar-refractivity contribution >= 4 is 11.9 Å². The molecule has 0 heterocycles. The first-order valence-corrected chi connectivity index (χ1v) is 9.58. The van der Waals surface area contributed by atoms with Crippen molar-refractivity contribution in [3.05, 3.63) is 35.9 Å². The number of nitrogens with zero attached hydrogens (tertiary/aromatic N) is 1. The number of nitrogens with one attached hydrogen (secondary N) is 1. The maximum absolute atomic E-state index is 3.59. The Labute approximate surface area is 148 Å². The number of hydrogen-bond acceptors (Lipinski definition) is 2. The van der Waals surface area contributed by atoms with Crippen LogP contribution in [-0.2, 0) is 6.54 Å². The maximum atomic E-state index is 3.59. The molecule has 1 aromatic carbocycles. The van der Waals surface area contributed by atoms with Crippen molar-refractivity contribution in [2.75, 3.05) is 27.2 Å². The molecule has 1 rings (SSSR count). The van der Waals surface area contributed by atoms with E-state index in [1.54, 1.807) is 0 Å². The van der Waals surface area contributed by atoms with E-state index in [9.17, 15) is 0 Å². The summed E-state index contributed by atoms with van der Waals surface area (Å²) in [5.41, 5.74) is 1.80. The van der Waals surface area contributed by atoms with Gasteiger partial charge < -0.3 is 4.48 Å². The smallest absolute Gasteiger partial charge is 0.104 e. The van der Waals surface area contributed by atoms with E-state index < -0.39 is 0 Å². The fraction of sp³-hybridized carbons (Fsp3) is 0.700. The van der Waals surface area contributed by atoms with Crippen LogP contribution in [0.5, 0.6) is 0 Å². The molecule has 0 radical (unpaired) electrons. The first-order valence-electron chi connectivity index (χ1n) is 8.76. The molecular formula is C20H37N2S+. The molecule has 0 aromatic heterocycles. The van der Waals surface area contributed by atoms with Gasteiger partial charge in [-0.25, -0.2) is 0 Å². The first-order chi connectivity index (χ1) is 10.5. The molecule has 0 unspecified atom stereocenters. The molecule has 1 N–H and O–H groups in total. The molecule has 0 aliphatic rings. The molecule has 0 aliphatic carbocycles. The molecule has 0 atom stereocenters. The highest BCUT2D eigenvalue weighted by Gasteiger charge is 2.26. The van der Waals surface area contributed by atoms with E-state index in [1.807, 2.05) is 11.9 Å². The number of benzene rings is 1. The molecule has 0 fully saturated rings. The normalized spacial score (nSPS) is 13.3. The van der Waals surface area contributed by atoms with E-state index in [4.69, 9.17) is 0 Å². The molecule has 2 nitrogen and oxygen atoms in total. The SMILES string of the molecule is CC(C)(C)CC(C)(C)SNCCC[N+](C)(C)Cc1ccccc1.